The maximum absolute atomic E-state index is 5.72. The van der Waals surface area contributed by atoms with Crippen molar-refractivity contribution in [1.29, 1.82) is 0 Å². The van der Waals surface area contributed by atoms with Crippen molar-refractivity contribution in [3.8, 4) is 11.4 Å². The van der Waals surface area contributed by atoms with Gasteiger partial charge in [0.05, 0.1) is 11.4 Å². The van der Waals surface area contributed by atoms with Crippen molar-refractivity contribution in [3.63, 3.8) is 0 Å². The van der Waals surface area contributed by atoms with Gasteiger partial charge in [0, 0.05) is 11.8 Å². The van der Waals surface area contributed by atoms with Crippen molar-refractivity contribution < 1.29 is 0 Å². The predicted octanol–water partition coefficient (Wildman–Crippen LogP) is 1.62. The van der Waals surface area contributed by atoms with Crippen LogP contribution in [0.2, 0.25) is 0 Å². The summed E-state index contributed by atoms with van der Waals surface area (Å²) >= 11 is 0. The summed E-state index contributed by atoms with van der Waals surface area (Å²) in [5.41, 5.74) is 8.56. The standard InChI is InChI=1S/C10H12N4/c1-2-7-9(13-14-10(7)11)8-5-3-4-6-12-8/h3-6H,2H2,1H3,(H3,11,13,14). The van der Waals surface area contributed by atoms with E-state index in [4.69, 9.17) is 5.73 Å². The lowest BCUT2D eigenvalue weighted by Gasteiger charge is -1.99. The lowest BCUT2D eigenvalue weighted by Crippen LogP contribution is -1.91. The van der Waals surface area contributed by atoms with Crippen LogP contribution in [0.1, 0.15) is 12.5 Å². The highest BCUT2D eigenvalue weighted by Gasteiger charge is 2.10. The van der Waals surface area contributed by atoms with Gasteiger partial charge in [-0.05, 0) is 18.6 Å². The van der Waals surface area contributed by atoms with Gasteiger partial charge >= 0.3 is 0 Å². The molecule has 0 amide bonds. The van der Waals surface area contributed by atoms with Gasteiger partial charge in [-0.25, -0.2) is 0 Å². The molecule has 4 heteroatoms. The summed E-state index contributed by atoms with van der Waals surface area (Å²) in [4.78, 5) is 4.24. The number of hydrogen-bond donors (Lipinski definition) is 2. The number of aromatic amines is 1. The number of nitrogens with two attached hydrogens (primary N) is 1. The Morgan fingerprint density at radius 2 is 2.29 bits per heavy atom. The first-order valence-corrected chi connectivity index (χ1v) is 4.57. The second kappa shape index (κ2) is 3.49. The Kier molecular flexibility index (Phi) is 2.18. The van der Waals surface area contributed by atoms with Crippen LogP contribution in [-0.4, -0.2) is 15.2 Å². The van der Waals surface area contributed by atoms with E-state index in [0.29, 0.717) is 5.82 Å². The number of anilines is 1. The first-order valence-electron chi connectivity index (χ1n) is 4.57. The molecule has 14 heavy (non-hydrogen) atoms. The Balaban J connectivity index is 2.52. The zero-order valence-electron chi connectivity index (χ0n) is 7.99. The Bertz CT molecular complexity index is 419. The Hall–Kier alpha value is -1.84. The van der Waals surface area contributed by atoms with E-state index in [1.807, 2.05) is 25.1 Å². The number of aromatic nitrogens is 3. The minimum absolute atomic E-state index is 0.563. The quantitative estimate of drug-likeness (QED) is 0.752. The molecular formula is C10H12N4. The molecule has 0 aliphatic rings. The zero-order valence-corrected chi connectivity index (χ0v) is 7.99. The van der Waals surface area contributed by atoms with E-state index in [2.05, 4.69) is 15.2 Å². The predicted molar refractivity (Wildman–Crippen MR) is 55.6 cm³/mol. The molecule has 0 saturated carbocycles. The molecule has 0 spiro atoms. The first kappa shape index (κ1) is 8.74. The molecule has 0 aromatic carbocycles. The van der Waals surface area contributed by atoms with Crippen LogP contribution in [0.15, 0.2) is 24.4 Å². The molecule has 0 fully saturated rings. The molecule has 72 valence electrons. The second-order valence-corrected chi connectivity index (χ2v) is 3.03. The molecule has 2 rings (SSSR count). The van der Waals surface area contributed by atoms with Crippen molar-refractivity contribution in [2.45, 2.75) is 13.3 Å². The minimum Gasteiger partial charge on any atom is -0.382 e. The van der Waals surface area contributed by atoms with Crippen LogP contribution < -0.4 is 5.73 Å². The monoisotopic (exact) mass is 188 g/mol. The fourth-order valence-corrected chi connectivity index (χ4v) is 1.46. The van der Waals surface area contributed by atoms with Gasteiger partial charge in [0.2, 0.25) is 0 Å². The summed E-state index contributed by atoms with van der Waals surface area (Å²) in [7, 11) is 0. The molecule has 0 radical (unpaired) electrons. The Labute approximate surface area is 82.2 Å². The summed E-state index contributed by atoms with van der Waals surface area (Å²) in [6.07, 6.45) is 2.61. The molecule has 0 saturated heterocycles. The summed E-state index contributed by atoms with van der Waals surface area (Å²) < 4.78 is 0. The summed E-state index contributed by atoms with van der Waals surface area (Å²) in [5, 5.41) is 6.88. The highest BCUT2D eigenvalue weighted by Crippen LogP contribution is 2.23. The SMILES string of the molecule is CCc1c(N)n[nH]c1-c1ccccn1. The number of rotatable bonds is 2. The topological polar surface area (TPSA) is 67.6 Å². The van der Waals surface area contributed by atoms with E-state index in [0.717, 1.165) is 23.4 Å². The van der Waals surface area contributed by atoms with Gasteiger partial charge in [-0.2, -0.15) is 5.10 Å². The Morgan fingerprint density at radius 1 is 1.43 bits per heavy atom. The van der Waals surface area contributed by atoms with E-state index in [1.54, 1.807) is 6.20 Å². The second-order valence-electron chi connectivity index (χ2n) is 3.03. The molecule has 0 aliphatic carbocycles. The molecule has 0 unspecified atom stereocenters. The van der Waals surface area contributed by atoms with Gasteiger partial charge < -0.3 is 5.73 Å². The van der Waals surface area contributed by atoms with Gasteiger partial charge in [0.1, 0.15) is 5.82 Å². The molecule has 4 nitrogen and oxygen atoms in total. The highest BCUT2D eigenvalue weighted by atomic mass is 15.2. The van der Waals surface area contributed by atoms with E-state index in [9.17, 15) is 0 Å². The molecule has 0 bridgehead atoms. The third kappa shape index (κ3) is 1.35. The van der Waals surface area contributed by atoms with Gasteiger partial charge in [0.15, 0.2) is 0 Å². The minimum atomic E-state index is 0.563. The molecule has 2 aromatic heterocycles. The number of H-pyrrole nitrogens is 1. The van der Waals surface area contributed by atoms with Crippen LogP contribution in [0.3, 0.4) is 0 Å². The molecule has 3 N–H and O–H groups in total. The van der Waals surface area contributed by atoms with E-state index in [1.165, 1.54) is 0 Å². The molecule has 0 aliphatic heterocycles. The maximum Gasteiger partial charge on any atom is 0.149 e. The number of pyridine rings is 1. The van der Waals surface area contributed by atoms with Gasteiger partial charge in [-0.3, -0.25) is 10.1 Å². The number of hydrogen-bond acceptors (Lipinski definition) is 3. The molecule has 0 atom stereocenters. The van der Waals surface area contributed by atoms with Crippen molar-refractivity contribution in [2.24, 2.45) is 0 Å². The largest absolute Gasteiger partial charge is 0.382 e. The number of nitrogens with zero attached hydrogens (tertiary/aromatic N) is 2. The van der Waals surface area contributed by atoms with Crippen LogP contribution >= 0.6 is 0 Å². The molecule has 2 aromatic rings. The zero-order chi connectivity index (χ0) is 9.97. The van der Waals surface area contributed by atoms with Crippen LogP contribution in [0, 0.1) is 0 Å². The maximum atomic E-state index is 5.72. The average molecular weight is 188 g/mol. The third-order valence-corrected chi connectivity index (χ3v) is 2.17. The smallest absolute Gasteiger partial charge is 0.149 e. The average Bonchev–Trinajstić information content (AvgIpc) is 2.61. The Morgan fingerprint density at radius 3 is 2.93 bits per heavy atom. The van der Waals surface area contributed by atoms with E-state index >= 15 is 0 Å². The first-order chi connectivity index (χ1) is 6.83. The third-order valence-electron chi connectivity index (χ3n) is 2.17. The summed E-state index contributed by atoms with van der Waals surface area (Å²) in [6.45, 7) is 2.05. The van der Waals surface area contributed by atoms with Crippen LogP contribution in [0.25, 0.3) is 11.4 Å². The van der Waals surface area contributed by atoms with Gasteiger partial charge in [-0.1, -0.05) is 13.0 Å². The summed E-state index contributed by atoms with van der Waals surface area (Å²) in [6, 6.07) is 5.76. The highest BCUT2D eigenvalue weighted by molar-refractivity contribution is 5.64. The lowest BCUT2D eigenvalue weighted by atomic mass is 10.1. The normalized spacial score (nSPS) is 10.4. The van der Waals surface area contributed by atoms with E-state index in [-0.39, 0.29) is 0 Å². The fourth-order valence-electron chi connectivity index (χ4n) is 1.46. The van der Waals surface area contributed by atoms with Crippen LogP contribution in [0.4, 0.5) is 5.82 Å². The number of nitrogens with one attached hydrogen (secondary N) is 1. The van der Waals surface area contributed by atoms with Crippen molar-refractivity contribution >= 4 is 5.82 Å². The van der Waals surface area contributed by atoms with Crippen LogP contribution in [0.5, 0.6) is 0 Å². The number of nitrogen functional groups attached to an aromatic ring is 1. The van der Waals surface area contributed by atoms with Crippen molar-refractivity contribution in [1.82, 2.24) is 15.2 Å². The van der Waals surface area contributed by atoms with Gasteiger partial charge in [-0.15, -0.1) is 0 Å². The van der Waals surface area contributed by atoms with E-state index < -0.39 is 0 Å². The van der Waals surface area contributed by atoms with Gasteiger partial charge in [0.25, 0.3) is 0 Å². The summed E-state index contributed by atoms with van der Waals surface area (Å²) in [5.74, 6) is 0.563. The fraction of sp³-hybridized carbons (Fsp3) is 0.200. The molecule has 2 heterocycles. The van der Waals surface area contributed by atoms with Crippen molar-refractivity contribution in [2.75, 3.05) is 5.73 Å². The molecular weight excluding hydrogens is 176 g/mol. The van der Waals surface area contributed by atoms with Crippen molar-refractivity contribution in [3.05, 3.63) is 30.0 Å². The van der Waals surface area contributed by atoms with Crippen LogP contribution in [-0.2, 0) is 6.42 Å². The lowest BCUT2D eigenvalue weighted by molar-refractivity contribution is 1.09.